The van der Waals surface area contributed by atoms with Crippen LogP contribution in [0.3, 0.4) is 0 Å². The first-order chi connectivity index (χ1) is 13.2. The summed E-state index contributed by atoms with van der Waals surface area (Å²) in [6.45, 7) is 4.25. The van der Waals surface area contributed by atoms with Crippen LogP contribution in [-0.2, 0) is 13.7 Å². The highest BCUT2D eigenvalue weighted by Crippen LogP contribution is 2.14. The third-order valence-electron chi connectivity index (χ3n) is 4.49. The number of hydrogen-bond acceptors (Lipinski definition) is 5. The minimum Gasteiger partial charge on any atom is -0.485 e. The fraction of sp³-hybridized carbons (Fsp3) is 0.250. The minimum absolute atomic E-state index is 0.512. The van der Waals surface area contributed by atoms with Crippen molar-refractivity contribution in [3.8, 4) is 5.75 Å². The molecule has 0 atom stereocenters. The Labute approximate surface area is 158 Å². The summed E-state index contributed by atoms with van der Waals surface area (Å²) in [5, 5.41) is 7.28. The zero-order chi connectivity index (χ0) is 18.6. The molecule has 0 saturated carbocycles. The standard InChI is InChI=1S/C20H23N6O/c1-15-3-8-19-25(2)17(13-26(19)12-15)14-27-18-6-4-16(5-7-18)11-23-24-20-21-9-10-22-20/h3-8,11-13H,9-10,14H2,1-2H3,(H2,21,22,24)/q+1/b23-11+. The van der Waals surface area contributed by atoms with Crippen LogP contribution in [0.25, 0.3) is 5.65 Å². The van der Waals surface area contributed by atoms with Gasteiger partial charge in [0.2, 0.25) is 5.96 Å². The van der Waals surface area contributed by atoms with Crippen molar-refractivity contribution in [2.75, 3.05) is 13.1 Å². The van der Waals surface area contributed by atoms with E-state index < -0.39 is 0 Å². The summed E-state index contributed by atoms with van der Waals surface area (Å²) in [4.78, 5) is 4.22. The first-order valence-corrected chi connectivity index (χ1v) is 8.95. The van der Waals surface area contributed by atoms with Gasteiger partial charge in [-0.3, -0.25) is 0 Å². The Balaban J connectivity index is 1.37. The Morgan fingerprint density at radius 2 is 2.11 bits per heavy atom. The number of hydrogen-bond donors (Lipinski definition) is 2. The molecule has 1 aliphatic rings. The third kappa shape index (κ3) is 3.92. The highest BCUT2D eigenvalue weighted by molar-refractivity contribution is 5.84. The number of benzene rings is 1. The molecule has 3 heterocycles. The number of ether oxygens (including phenoxy) is 1. The fourth-order valence-corrected chi connectivity index (χ4v) is 2.99. The van der Waals surface area contributed by atoms with Gasteiger partial charge in [0.1, 0.15) is 11.9 Å². The maximum absolute atomic E-state index is 5.95. The summed E-state index contributed by atoms with van der Waals surface area (Å²) in [7, 11) is 2.05. The van der Waals surface area contributed by atoms with E-state index in [1.54, 1.807) is 6.21 Å². The quantitative estimate of drug-likeness (QED) is 0.410. The van der Waals surface area contributed by atoms with Crippen molar-refractivity contribution in [3.05, 3.63) is 65.6 Å². The van der Waals surface area contributed by atoms with Crippen molar-refractivity contribution < 1.29 is 9.14 Å². The monoisotopic (exact) mass is 363 g/mol. The van der Waals surface area contributed by atoms with Gasteiger partial charge in [0.05, 0.1) is 26.0 Å². The summed E-state index contributed by atoms with van der Waals surface area (Å²) in [6, 6.07) is 12.1. The van der Waals surface area contributed by atoms with E-state index in [1.807, 2.05) is 24.3 Å². The molecule has 1 aliphatic heterocycles. The second-order valence-electron chi connectivity index (χ2n) is 6.54. The van der Waals surface area contributed by atoms with Crippen molar-refractivity contribution >= 4 is 17.8 Å². The number of aromatic nitrogens is 2. The van der Waals surface area contributed by atoms with Crippen LogP contribution in [0.1, 0.15) is 16.8 Å². The largest absolute Gasteiger partial charge is 0.485 e. The highest BCUT2D eigenvalue weighted by atomic mass is 16.5. The summed E-state index contributed by atoms with van der Waals surface area (Å²) in [5.74, 6) is 1.54. The van der Waals surface area contributed by atoms with Gasteiger partial charge in [-0.1, -0.05) is 0 Å². The van der Waals surface area contributed by atoms with Crippen molar-refractivity contribution in [2.45, 2.75) is 13.5 Å². The molecule has 2 N–H and O–H groups in total. The van der Waals surface area contributed by atoms with E-state index in [4.69, 9.17) is 4.74 Å². The van der Waals surface area contributed by atoms with E-state index in [1.165, 1.54) is 5.56 Å². The highest BCUT2D eigenvalue weighted by Gasteiger charge is 2.14. The Morgan fingerprint density at radius 1 is 1.26 bits per heavy atom. The molecular formula is C20H23N6O+. The Morgan fingerprint density at radius 3 is 2.89 bits per heavy atom. The number of nitrogens with zero attached hydrogens (tertiary/aromatic N) is 4. The van der Waals surface area contributed by atoms with Crippen molar-refractivity contribution in [1.29, 1.82) is 0 Å². The van der Waals surface area contributed by atoms with E-state index in [0.717, 1.165) is 35.7 Å². The second kappa shape index (κ2) is 7.49. The number of aliphatic imine (C=N–C) groups is 1. The first-order valence-electron chi connectivity index (χ1n) is 8.95. The van der Waals surface area contributed by atoms with E-state index in [0.29, 0.717) is 12.6 Å². The van der Waals surface area contributed by atoms with Gasteiger partial charge in [0.15, 0.2) is 12.3 Å². The van der Waals surface area contributed by atoms with E-state index in [-0.39, 0.29) is 0 Å². The lowest BCUT2D eigenvalue weighted by molar-refractivity contribution is -0.511. The number of pyridine rings is 1. The van der Waals surface area contributed by atoms with Gasteiger partial charge in [0.25, 0.3) is 5.65 Å². The summed E-state index contributed by atoms with van der Waals surface area (Å²) < 4.78 is 10.2. The first kappa shape index (κ1) is 17.1. The third-order valence-corrected chi connectivity index (χ3v) is 4.49. The van der Waals surface area contributed by atoms with Gasteiger partial charge >= 0.3 is 0 Å². The predicted octanol–water partition coefficient (Wildman–Crippen LogP) is 1.53. The SMILES string of the molecule is Cc1ccc2n(C)c(COc3ccc(/C=N/NC4=NCCN4)cc3)c[n+]2c1. The molecule has 4 rings (SSSR count). The second-order valence-corrected chi connectivity index (χ2v) is 6.54. The lowest BCUT2D eigenvalue weighted by atomic mass is 10.2. The topological polar surface area (TPSA) is 67.0 Å². The van der Waals surface area contributed by atoms with Crippen LogP contribution in [0.15, 0.2) is 58.9 Å². The van der Waals surface area contributed by atoms with Gasteiger partial charge < -0.3 is 10.1 Å². The molecule has 0 aliphatic carbocycles. The smallest absolute Gasteiger partial charge is 0.286 e. The zero-order valence-electron chi connectivity index (χ0n) is 15.5. The number of fused-ring (bicyclic) bond motifs is 1. The molecule has 1 aromatic carbocycles. The molecule has 2 aromatic heterocycles. The van der Waals surface area contributed by atoms with Crippen LogP contribution >= 0.6 is 0 Å². The van der Waals surface area contributed by atoms with Crippen molar-refractivity contribution in [3.63, 3.8) is 0 Å². The average molecular weight is 363 g/mol. The lowest BCUT2D eigenvalue weighted by Gasteiger charge is -2.04. The lowest BCUT2D eigenvalue weighted by Crippen LogP contribution is -2.30. The molecule has 7 heteroatoms. The van der Waals surface area contributed by atoms with Crippen LogP contribution in [-0.4, -0.2) is 29.8 Å². The van der Waals surface area contributed by atoms with Crippen LogP contribution in [0.4, 0.5) is 0 Å². The van der Waals surface area contributed by atoms with E-state index >= 15 is 0 Å². The zero-order valence-corrected chi connectivity index (χ0v) is 15.5. The maximum atomic E-state index is 5.95. The maximum Gasteiger partial charge on any atom is 0.286 e. The molecule has 0 amide bonds. The molecule has 0 fully saturated rings. The van der Waals surface area contributed by atoms with Crippen LogP contribution in [0.5, 0.6) is 5.75 Å². The van der Waals surface area contributed by atoms with E-state index in [2.05, 4.69) is 68.3 Å². The number of aryl methyl sites for hydroxylation is 2. The van der Waals surface area contributed by atoms with Crippen LogP contribution in [0, 0.1) is 6.92 Å². The summed E-state index contributed by atoms with van der Waals surface area (Å²) in [5.41, 5.74) is 7.36. The Kier molecular flexibility index (Phi) is 4.74. The Hall–Kier alpha value is -3.35. The summed E-state index contributed by atoms with van der Waals surface area (Å²) >= 11 is 0. The molecule has 138 valence electrons. The van der Waals surface area contributed by atoms with Gasteiger partial charge in [-0.15, -0.1) is 0 Å². The number of hydrazone groups is 1. The van der Waals surface area contributed by atoms with Gasteiger partial charge in [-0.25, -0.2) is 19.4 Å². The fourth-order valence-electron chi connectivity index (χ4n) is 2.99. The number of guanidine groups is 1. The van der Waals surface area contributed by atoms with E-state index in [9.17, 15) is 0 Å². The van der Waals surface area contributed by atoms with Crippen molar-refractivity contribution in [2.24, 2.45) is 17.1 Å². The van der Waals surface area contributed by atoms with Gasteiger partial charge in [0, 0.05) is 12.6 Å². The number of nitrogens with one attached hydrogen (secondary N) is 2. The number of rotatable bonds is 5. The molecule has 0 radical (unpaired) electrons. The molecule has 0 spiro atoms. The van der Waals surface area contributed by atoms with Crippen LogP contribution in [0.2, 0.25) is 0 Å². The normalized spacial score (nSPS) is 13.8. The summed E-state index contributed by atoms with van der Waals surface area (Å²) in [6.07, 6.45) is 5.98. The average Bonchev–Trinajstić information content (AvgIpc) is 3.29. The van der Waals surface area contributed by atoms with Gasteiger partial charge in [-0.2, -0.15) is 5.10 Å². The molecule has 27 heavy (non-hydrogen) atoms. The number of imidazole rings is 1. The minimum atomic E-state index is 0.512. The molecular weight excluding hydrogens is 340 g/mol. The Bertz CT molecular complexity index is 1000. The van der Waals surface area contributed by atoms with Gasteiger partial charge in [-0.05, 0) is 48.4 Å². The predicted molar refractivity (Wildman–Crippen MR) is 105 cm³/mol. The molecule has 0 bridgehead atoms. The molecule has 0 saturated heterocycles. The van der Waals surface area contributed by atoms with Crippen molar-refractivity contribution in [1.82, 2.24) is 15.3 Å². The molecule has 3 aromatic rings. The van der Waals surface area contributed by atoms with Crippen LogP contribution < -0.4 is 19.9 Å². The molecule has 0 unspecified atom stereocenters. The molecule has 7 nitrogen and oxygen atoms in total.